The van der Waals surface area contributed by atoms with Crippen LogP contribution in [0.25, 0.3) is 0 Å². The van der Waals surface area contributed by atoms with Crippen LogP contribution in [0, 0.1) is 41.2 Å². The Morgan fingerprint density at radius 1 is 1.29 bits per heavy atom. The van der Waals surface area contributed by atoms with Crippen LogP contribution in [-0.4, -0.2) is 57.9 Å². The summed E-state index contributed by atoms with van der Waals surface area (Å²) in [6.45, 7) is 8.84. The fraction of sp³-hybridized carbons (Fsp3) is 0.762. The summed E-state index contributed by atoms with van der Waals surface area (Å²) in [4.78, 5) is 31.1. The van der Waals surface area contributed by atoms with E-state index in [9.17, 15) is 20.0 Å². The van der Waals surface area contributed by atoms with Gasteiger partial charge in [-0.2, -0.15) is 4.98 Å². The minimum absolute atomic E-state index is 0.126. The molecule has 31 heavy (non-hydrogen) atoms. The molecule has 2 N–H and O–H groups in total. The van der Waals surface area contributed by atoms with Gasteiger partial charge in [0, 0.05) is 6.61 Å². The molecule has 1 aliphatic rings. The molecule has 1 fully saturated rings. The van der Waals surface area contributed by atoms with Crippen molar-refractivity contribution in [2.45, 2.75) is 72.5 Å². The van der Waals surface area contributed by atoms with Crippen molar-refractivity contribution in [1.82, 2.24) is 9.97 Å². The molecule has 1 aromatic rings. The molecule has 4 atom stereocenters. The topological polar surface area (TPSA) is 145 Å². The number of nitrogens with zero attached hydrogens (tertiary/aromatic N) is 3. The zero-order valence-electron chi connectivity index (χ0n) is 19.8. The largest absolute Gasteiger partial charge is 0.466 e. The van der Waals surface area contributed by atoms with Crippen molar-refractivity contribution >= 4 is 11.7 Å². The van der Waals surface area contributed by atoms with E-state index in [2.05, 4.69) is 15.1 Å². The number of carbonyl (C=O) groups is 1. The number of nitro groups is 1. The molecule has 174 valence electrons. The molecule has 0 spiro atoms. The van der Waals surface area contributed by atoms with Crippen molar-refractivity contribution in [2.24, 2.45) is 17.3 Å². The van der Waals surface area contributed by atoms with E-state index in [0.29, 0.717) is 31.5 Å². The highest BCUT2D eigenvalue weighted by molar-refractivity contribution is 5.75. The van der Waals surface area contributed by atoms with Gasteiger partial charge in [0.25, 0.3) is 5.88 Å². The summed E-state index contributed by atoms with van der Waals surface area (Å²) < 4.78 is 18.2. The number of ether oxygens (including phenoxy) is 2. The van der Waals surface area contributed by atoms with E-state index in [4.69, 9.17) is 10.9 Å². The molecule has 1 aromatic heterocycles. The van der Waals surface area contributed by atoms with Crippen LogP contribution in [0.1, 0.15) is 58.0 Å². The molecule has 1 aliphatic carbocycles. The average molecular weight is 442 g/mol. The van der Waals surface area contributed by atoms with Gasteiger partial charge in [0.05, 0.1) is 23.0 Å². The Balaban J connectivity index is 2.17. The second-order valence-electron chi connectivity index (χ2n) is 9.12. The van der Waals surface area contributed by atoms with Gasteiger partial charge >= 0.3 is 11.7 Å². The van der Waals surface area contributed by atoms with Crippen LogP contribution in [-0.2, 0) is 9.53 Å². The molecule has 0 bridgehead atoms. The summed E-state index contributed by atoms with van der Waals surface area (Å²) in [5.74, 6) is -0.480. The number of aryl methyl sites for hydroxylation is 2. The maximum atomic E-state index is 12.0. The Hall–Kier alpha value is -2.33. The molecule has 1 unspecified atom stereocenters. The standard InChI is InChI=1S/C21H33N3O7/c1-12-16(24(28)29)19(23-13(2)22-12)31-18-15(7-6-9-25)11-14(17(18)26)8-10-30-20(27)21(3,4)5/h14-15,17-18,25-26H,6-11H2,1-5H3/t14-,15?,17+,18-/m0/s1/i25T. The lowest BCUT2D eigenvalue weighted by Gasteiger charge is -2.24. The van der Waals surface area contributed by atoms with Crippen molar-refractivity contribution in [3.8, 4) is 5.88 Å². The number of aliphatic hydroxyl groups excluding tert-OH is 2. The van der Waals surface area contributed by atoms with Crippen molar-refractivity contribution in [3.05, 3.63) is 21.6 Å². The molecule has 10 nitrogen and oxygen atoms in total. The predicted octanol–water partition coefficient (Wildman–Crippen LogP) is 2.50. The van der Waals surface area contributed by atoms with Crippen LogP contribution in [0.3, 0.4) is 0 Å². The third-order valence-electron chi connectivity index (χ3n) is 5.51. The van der Waals surface area contributed by atoms with Gasteiger partial charge < -0.3 is 19.7 Å². The van der Waals surface area contributed by atoms with Crippen LogP contribution in [0.4, 0.5) is 5.69 Å². The lowest BCUT2D eigenvalue weighted by Crippen LogP contribution is -2.35. The Labute approximate surface area is 183 Å². The van der Waals surface area contributed by atoms with E-state index >= 15 is 0 Å². The first kappa shape index (κ1) is 23.3. The van der Waals surface area contributed by atoms with Gasteiger partial charge in [-0.1, -0.05) is 0 Å². The van der Waals surface area contributed by atoms with Crippen molar-refractivity contribution in [3.63, 3.8) is 0 Å². The SMILES string of the molecule is [3H]OCCCC1C[C@H](CCOC(=O)C(C)(C)C)[C@@H](O)[C@H]1Oc1nc(C)nc(C)c1[N+](=O)[O-]. The monoisotopic (exact) mass is 441 g/mol. The Morgan fingerprint density at radius 2 is 2.00 bits per heavy atom. The molecule has 0 amide bonds. The summed E-state index contributed by atoms with van der Waals surface area (Å²) in [5, 5.41) is 26.9. The van der Waals surface area contributed by atoms with E-state index in [0.717, 1.165) is 0 Å². The maximum Gasteiger partial charge on any atom is 0.351 e. The van der Waals surface area contributed by atoms with Gasteiger partial charge in [-0.05, 0) is 72.1 Å². The second kappa shape index (κ2) is 10.3. The lowest BCUT2D eigenvalue weighted by atomic mass is 9.97. The highest BCUT2D eigenvalue weighted by Gasteiger charge is 2.45. The number of esters is 1. The third-order valence-corrected chi connectivity index (χ3v) is 5.51. The van der Waals surface area contributed by atoms with Crippen LogP contribution >= 0.6 is 0 Å². The molecule has 10 heteroatoms. The van der Waals surface area contributed by atoms with Crippen LogP contribution in [0.2, 0.25) is 0 Å². The minimum atomic E-state index is -0.916. The lowest BCUT2D eigenvalue weighted by molar-refractivity contribution is -0.387. The predicted molar refractivity (Wildman–Crippen MR) is 112 cm³/mol. The highest BCUT2D eigenvalue weighted by Crippen LogP contribution is 2.40. The van der Waals surface area contributed by atoms with Crippen molar-refractivity contribution in [1.29, 1.82) is 1.43 Å². The zero-order valence-corrected chi connectivity index (χ0v) is 18.8. The summed E-state index contributed by atoms with van der Waals surface area (Å²) in [5.41, 5.74) is -0.742. The zero-order chi connectivity index (χ0) is 24.1. The minimum Gasteiger partial charge on any atom is -0.466 e. The first-order valence-electron chi connectivity index (χ1n) is 11.0. The van der Waals surface area contributed by atoms with E-state index in [1.165, 1.54) is 6.92 Å². The molecule has 0 radical (unpaired) electrons. The average Bonchev–Trinajstić information content (AvgIpc) is 2.95. The number of aromatic nitrogens is 2. The fourth-order valence-corrected chi connectivity index (χ4v) is 3.91. The van der Waals surface area contributed by atoms with Crippen LogP contribution in [0.5, 0.6) is 5.88 Å². The molecular formula is C21H33N3O7. The first-order chi connectivity index (χ1) is 15.0. The van der Waals surface area contributed by atoms with Crippen LogP contribution in [0.15, 0.2) is 0 Å². The van der Waals surface area contributed by atoms with Gasteiger partial charge in [0.2, 0.25) is 1.43 Å². The van der Waals surface area contributed by atoms with Gasteiger partial charge in [0.15, 0.2) is 0 Å². The Morgan fingerprint density at radius 3 is 2.61 bits per heavy atom. The molecule has 0 aliphatic heterocycles. The molecule has 1 heterocycles. The number of hydrogen-bond acceptors (Lipinski definition) is 9. The van der Waals surface area contributed by atoms with Gasteiger partial charge in [-0.3, -0.25) is 14.9 Å². The van der Waals surface area contributed by atoms with Crippen molar-refractivity contribution < 1.29 is 29.4 Å². The number of carbonyl (C=O) groups excluding carboxylic acids is 1. The Kier molecular flexibility index (Phi) is 7.77. The summed E-state index contributed by atoms with van der Waals surface area (Å²) in [6, 6.07) is 0. The normalized spacial score (nSPS) is 24.0. The van der Waals surface area contributed by atoms with Gasteiger partial charge in [-0.15, -0.1) is 0 Å². The quantitative estimate of drug-likeness (QED) is 0.242. The number of aliphatic hydroxyl groups is 2. The van der Waals surface area contributed by atoms with Crippen LogP contribution < -0.4 is 4.74 Å². The summed E-state index contributed by atoms with van der Waals surface area (Å²) in [6.07, 6.45) is 0.579. The molecule has 1 saturated carbocycles. The molecule has 0 aromatic carbocycles. The summed E-state index contributed by atoms with van der Waals surface area (Å²) in [7, 11) is 0. The van der Waals surface area contributed by atoms with E-state index in [1.807, 2.05) is 0 Å². The third kappa shape index (κ3) is 6.33. The number of rotatable bonds is 10. The highest BCUT2D eigenvalue weighted by atomic mass is 16.6. The fourth-order valence-electron chi connectivity index (χ4n) is 3.91. The summed E-state index contributed by atoms with van der Waals surface area (Å²) >= 11 is 0. The first-order valence-corrected chi connectivity index (χ1v) is 10.5. The van der Waals surface area contributed by atoms with E-state index in [-0.39, 0.29) is 48.3 Å². The second-order valence-corrected chi connectivity index (χ2v) is 9.12. The Bertz CT molecular complexity index is 815. The van der Waals surface area contributed by atoms with Crippen molar-refractivity contribution in [2.75, 3.05) is 13.2 Å². The van der Waals surface area contributed by atoms with E-state index in [1.54, 1.807) is 27.7 Å². The smallest absolute Gasteiger partial charge is 0.351 e. The maximum absolute atomic E-state index is 12.0. The molecular weight excluding hydrogens is 406 g/mol. The molecule has 0 saturated heterocycles. The van der Waals surface area contributed by atoms with Gasteiger partial charge in [-0.25, -0.2) is 4.98 Å². The number of hydrogen-bond donors (Lipinski definition) is 2. The van der Waals surface area contributed by atoms with Gasteiger partial charge in [0.1, 0.15) is 17.6 Å². The molecule has 2 rings (SSSR count). The van der Waals surface area contributed by atoms with E-state index < -0.39 is 22.5 Å².